The van der Waals surface area contributed by atoms with Gasteiger partial charge in [0.1, 0.15) is 0 Å². The zero-order valence-corrected chi connectivity index (χ0v) is 10.3. The number of nitrogens with zero attached hydrogens (tertiary/aromatic N) is 4. The van der Waals surface area contributed by atoms with Gasteiger partial charge in [0, 0.05) is 18.8 Å². The fourth-order valence-electron chi connectivity index (χ4n) is 2.63. The minimum Gasteiger partial charge on any atom is -0.368 e. The van der Waals surface area contributed by atoms with E-state index in [9.17, 15) is 0 Å². The van der Waals surface area contributed by atoms with Gasteiger partial charge in [-0.15, -0.1) is 0 Å². The summed E-state index contributed by atoms with van der Waals surface area (Å²) in [5.74, 6) is 0.944. The molecule has 3 rings (SSSR count). The standard InChI is InChI=1S/C12H18N6/c13-10-3-1-8(2-4-10)7-18-11-9(6-16-18)5-15-12(14)17-11/h5-6,8,10H,1-4,7,13H2,(H2,14,15,17)/t8-,10-. The summed E-state index contributed by atoms with van der Waals surface area (Å²) in [7, 11) is 0. The third-order valence-corrected chi connectivity index (χ3v) is 3.72. The van der Waals surface area contributed by atoms with Crippen LogP contribution in [0.2, 0.25) is 0 Å². The molecule has 0 atom stereocenters. The van der Waals surface area contributed by atoms with E-state index in [1.165, 1.54) is 12.8 Å². The SMILES string of the molecule is Nc1ncc2cnn(C[C@H]3CC[C@H](N)CC3)c2n1. The first-order valence-corrected chi connectivity index (χ1v) is 6.42. The first kappa shape index (κ1) is 11.4. The van der Waals surface area contributed by atoms with Gasteiger partial charge in [-0.2, -0.15) is 10.1 Å². The van der Waals surface area contributed by atoms with Crippen LogP contribution in [0.25, 0.3) is 11.0 Å². The molecule has 1 saturated carbocycles. The Morgan fingerprint density at radius 2 is 2.00 bits per heavy atom. The predicted molar refractivity (Wildman–Crippen MR) is 69.7 cm³/mol. The van der Waals surface area contributed by atoms with Crippen LogP contribution in [0.4, 0.5) is 5.95 Å². The van der Waals surface area contributed by atoms with Gasteiger partial charge in [-0.3, -0.25) is 0 Å². The van der Waals surface area contributed by atoms with Crippen molar-refractivity contribution in [2.24, 2.45) is 11.7 Å². The Labute approximate surface area is 105 Å². The quantitative estimate of drug-likeness (QED) is 0.821. The van der Waals surface area contributed by atoms with Crippen LogP contribution in [0.1, 0.15) is 25.7 Å². The van der Waals surface area contributed by atoms with Crippen LogP contribution < -0.4 is 11.5 Å². The molecule has 0 radical (unpaired) electrons. The summed E-state index contributed by atoms with van der Waals surface area (Å²) in [4.78, 5) is 8.23. The van der Waals surface area contributed by atoms with Crippen LogP contribution in [-0.2, 0) is 6.54 Å². The molecular formula is C12H18N6. The highest BCUT2D eigenvalue weighted by Gasteiger charge is 2.20. The van der Waals surface area contributed by atoms with E-state index in [1.54, 1.807) is 12.4 Å². The molecule has 0 saturated heterocycles. The van der Waals surface area contributed by atoms with Gasteiger partial charge in [-0.05, 0) is 31.6 Å². The zero-order chi connectivity index (χ0) is 12.5. The third kappa shape index (κ3) is 2.15. The van der Waals surface area contributed by atoms with Crippen molar-refractivity contribution in [3.63, 3.8) is 0 Å². The monoisotopic (exact) mass is 246 g/mol. The van der Waals surface area contributed by atoms with Gasteiger partial charge >= 0.3 is 0 Å². The van der Waals surface area contributed by atoms with Crippen LogP contribution >= 0.6 is 0 Å². The molecule has 2 aromatic rings. The molecule has 96 valence electrons. The smallest absolute Gasteiger partial charge is 0.222 e. The lowest BCUT2D eigenvalue weighted by Crippen LogP contribution is -2.28. The highest BCUT2D eigenvalue weighted by Crippen LogP contribution is 2.25. The van der Waals surface area contributed by atoms with E-state index in [1.807, 2.05) is 4.68 Å². The Balaban J connectivity index is 1.80. The van der Waals surface area contributed by atoms with Crippen molar-refractivity contribution in [3.05, 3.63) is 12.4 Å². The van der Waals surface area contributed by atoms with E-state index in [-0.39, 0.29) is 0 Å². The van der Waals surface area contributed by atoms with E-state index >= 15 is 0 Å². The lowest BCUT2D eigenvalue weighted by molar-refractivity contribution is 0.288. The van der Waals surface area contributed by atoms with Gasteiger partial charge in [0.25, 0.3) is 0 Å². The second-order valence-corrected chi connectivity index (χ2v) is 5.11. The summed E-state index contributed by atoms with van der Waals surface area (Å²) in [6.07, 6.45) is 8.08. The number of aromatic nitrogens is 4. The van der Waals surface area contributed by atoms with E-state index in [0.29, 0.717) is 17.9 Å². The largest absolute Gasteiger partial charge is 0.368 e. The highest BCUT2D eigenvalue weighted by atomic mass is 15.3. The van der Waals surface area contributed by atoms with Crippen LogP contribution in [0.15, 0.2) is 12.4 Å². The number of rotatable bonds is 2. The maximum Gasteiger partial charge on any atom is 0.222 e. The Morgan fingerprint density at radius 1 is 1.22 bits per heavy atom. The Bertz CT molecular complexity index is 540. The molecule has 0 spiro atoms. The van der Waals surface area contributed by atoms with Gasteiger partial charge in [-0.1, -0.05) is 0 Å². The molecule has 4 N–H and O–H groups in total. The van der Waals surface area contributed by atoms with Gasteiger partial charge in [-0.25, -0.2) is 9.67 Å². The number of fused-ring (bicyclic) bond motifs is 1. The van der Waals surface area contributed by atoms with Crippen molar-refractivity contribution >= 4 is 17.0 Å². The van der Waals surface area contributed by atoms with Crippen molar-refractivity contribution < 1.29 is 0 Å². The minimum absolute atomic E-state index is 0.301. The van der Waals surface area contributed by atoms with Gasteiger partial charge in [0.2, 0.25) is 5.95 Å². The van der Waals surface area contributed by atoms with Gasteiger partial charge < -0.3 is 11.5 Å². The second kappa shape index (κ2) is 4.53. The molecule has 6 heteroatoms. The number of hydrogen-bond donors (Lipinski definition) is 2. The van der Waals surface area contributed by atoms with E-state index < -0.39 is 0 Å². The average Bonchev–Trinajstić information content (AvgIpc) is 2.75. The lowest BCUT2D eigenvalue weighted by atomic mass is 9.86. The Hall–Kier alpha value is -1.69. The molecule has 2 heterocycles. The van der Waals surface area contributed by atoms with E-state index in [0.717, 1.165) is 30.4 Å². The third-order valence-electron chi connectivity index (χ3n) is 3.72. The maximum absolute atomic E-state index is 5.92. The van der Waals surface area contributed by atoms with E-state index in [2.05, 4.69) is 15.1 Å². The number of nitrogen functional groups attached to an aromatic ring is 1. The van der Waals surface area contributed by atoms with Gasteiger partial charge in [0.15, 0.2) is 5.65 Å². The summed E-state index contributed by atoms with van der Waals surface area (Å²) in [6.45, 7) is 0.896. The molecule has 2 aromatic heterocycles. The summed E-state index contributed by atoms with van der Waals surface area (Å²) in [5, 5.41) is 5.32. The number of nitrogens with two attached hydrogens (primary N) is 2. The predicted octanol–water partition coefficient (Wildman–Crippen LogP) is 0.926. The highest BCUT2D eigenvalue weighted by molar-refractivity contribution is 5.74. The van der Waals surface area contributed by atoms with Crippen LogP contribution in [0.3, 0.4) is 0 Å². The fraction of sp³-hybridized carbons (Fsp3) is 0.583. The molecule has 0 amide bonds. The molecular weight excluding hydrogens is 228 g/mol. The summed E-state index contributed by atoms with van der Waals surface area (Å²) in [5.41, 5.74) is 12.4. The topological polar surface area (TPSA) is 95.6 Å². The Kier molecular flexibility index (Phi) is 2.87. The van der Waals surface area contributed by atoms with Crippen molar-refractivity contribution in [1.82, 2.24) is 19.7 Å². The second-order valence-electron chi connectivity index (χ2n) is 5.11. The molecule has 1 aliphatic rings. The fourth-order valence-corrected chi connectivity index (χ4v) is 2.63. The first-order chi connectivity index (χ1) is 8.72. The molecule has 0 aromatic carbocycles. The molecule has 1 fully saturated rings. The zero-order valence-electron chi connectivity index (χ0n) is 10.3. The number of anilines is 1. The lowest BCUT2D eigenvalue weighted by Gasteiger charge is -2.25. The van der Waals surface area contributed by atoms with E-state index in [4.69, 9.17) is 11.5 Å². The molecule has 0 aliphatic heterocycles. The molecule has 0 unspecified atom stereocenters. The van der Waals surface area contributed by atoms with Crippen LogP contribution in [0, 0.1) is 5.92 Å². The van der Waals surface area contributed by atoms with Crippen molar-refractivity contribution in [2.45, 2.75) is 38.3 Å². The van der Waals surface area contributed by atoms with Crippen LogP contribution in [-0.4, -0.2) is 25.8 Å². The van der Waals surface area contributed by atoms with Crippen molar-refractivity contribution in [2.75, 3.05) is 5.73 Å². The summed E-state index contributed by atoms with van der Waals surface area (Å²) in [6, 6.07) is 0.383. The summed E-state index contributed by atoms with van der Waals surface area (Å²) < 4.78 is 1.94. The maximum atomic E-state index is 5.92. The minimum atomic E-state index is 0.301. The molecule has 6 nitrogen and oxygen atoms in total. The molecule has 18 heavy (non-hydrogen) atoms. The first-order valence-electron chi connectivity index (χ1n) is 6.42. The summed E-state index contributed by atoms with van der Waals surface area (Å²) >= 11 is 0. The number of hydrogen-bond acceptors (Lipinski definition) is 5. The van der Waals surface area contributed by atoms with Gasteiger partial charge in [0.05, 0.1) is 11.6 Å². The Morgan fingerprint density at radius 3 is 2.78 bits per heavy atom. The van der Waals surface area contributed by atoms with Crippen molar-refractivity contribution in [3.8, 4) is 0 Å². The van der Waals surface area contributed by atoms with Crippen molar-refractivity contribution in [1.29, 1.82) is 0 Å². The van der Waals surface area contributed by atoms with Crippen LogP contribution in [0.5, 0.6) is 0 Å². The molecule has 0 bridgehead atoms. The normalized spacial score (nSPS) is 24.5. The average molecular weight is 246 g/mol. The molecule has 1 aliphatic carbocycles.